The Morgan fingerprint density at radius 3 is 2.60 bits per heavy atom. The zero-order valence-corrected chi connectivity index (χ0v) is 8.00. The average Bonchev–Trinajstić information content (AvgIpc) is 2.18. The summed E-state index contributed by atoms with van der Waals surface area (Å²) in [6.07, 6.45) is 0.0978. The molecule has 5 heteroatoms. The number of quaternary nitrogens is 1. The Morgan fingerprint density at radius 2 is 2.07 bits per heavy atom. The summed E-state index contributed by atoms with van der Waals surface area (Å²) in [6, 6.07) is 3.05. The summed E-state index contributed by atoms with van der Waals surface area (Å²) < 4.78 is 25.4. The summed E-state index contributed by atoms with van der Waals surface area (Å²) in [5.41, 5.74) is 4.15. The second-order valence-electron chi connectivity index (χ2n) is 3.28. The van der Waals surface area contributed by atoms with Gasteiger partial charge in [-0.25, -0.2) is 8.78 Å². The number of halogens is 2. The van der Waals surface area contributed by atoms with E-state index in [9.17, 15) is 18.7 Å². The van der Waals surface area contributed by atoms with Crippen LogP contribution in [0.2, 0.25) is 0 Å². The van der Waals surface area contributed by atoms with Crippen molar-refractivity contribution in [3.63, 3.8) is 0 Å². The summed E-state index contributed by atoms with van der Waals surface area (Å²) in [5.74, 6) is -3.05. The van der Waals surface area contributed by atoms with Crippen molar-refractivity contribution >= 4 is 5.97 Å². The fourth-order valence-corrected chi connectivity index (χ4v) is 1.23. The molecular formula is C10H11F2NO2. The van der Waals surface area contributed by atoms with Crippen LogP contribution in [0.1, 0.15) is 24.4 Å². The Morgan fingerprint density at radius 1 is 1.40 bits per heavy atom. The fraction of sp³-hybridized carbons (Fsp3) is 0.300. The predicted molar refractivity (Wildman–Crippen MR) is 46.2 cm³/mol. The normalized spacial score (nSPS) is 12.5. The molecule has 0 aliphatic heterocycles. The molecular weight excluding hydrogens is 204 g/mol. The smallest absolute Gasteiger partial charge is 0.159 e. The third-order valence-electron chi connectivity index (χ3n) is 2.11. The van der Waals surface area contributed by atoms with Crippen LogP contribution in [0, 0.1) is 11.6 Å². The van der Waals surface area contributed by atoms with E-state index in [-0.39, 0.29) is 18.9 Å². The second-order valence-corrected chi connectivity index (χ2v) is 3.28. The molecule has 1 rings (SSSR count). The molecule has 0 fully saturated rings. The van der Waals surface area contributed by atoms with Crippen molar-refractivity contribution in [1.29, 1.82) is 0 Å². The maximum atomic E-state index is 12.8. The molecule has 1 aromatic rings. The highest BCUT2D eigenvalue weighted by Crippen LogP contribution is 2.16. The SMILES string of the molecule is [NH3+][C@@H](CCC(=O)[O-])c1ccc(F)c(F)c1. The molecule has 15 heavy (non-hydrogen) atoms. The summed E-state index contributed by atoms with van der Waals surface area (Å²) in [6.45, 7) is 0. The first-order valence-corrected chi connectivity index (χ1v) is 4.48. The number of carboxylic acids is 1. The highest BCUT2D eigenvalue weighted by molar-refractivity contribution is 5.64. The van der Waals surface area contributed by atoms with Gasteiger partial charge >= 0.3 is 0 Å². The molecule has 0 saturated heterocycles. The van der Waals surface area contributed by atoms with Crippen LogP contribution in [-0.2, 0) is 4.79 Å². The Hall–Kier alpha value is -1.49. The molecule has 0 radical (unpaired) electrons. The lowest BCUT2D eigenvalue weighted by Crippen LogP contribution is -2.53. The van der Waals surface area contributed by atoms with E-state index in [1.165, 1.54) is 6.07 Å². The zero-order valence-electron chi connectivity index (χ0n) is 8.00. The lowest BCUT2D eigenvalue weighted by Gasteiger charge is -2.09. The Bertz CT molecular complexity index is 368. The molecule has 0 aromatic heterocycles. The summed E-state index contributed by atoms with van der Waals surface area (Å²) in [4.78, 5) is 10.2. The third-order valence-corrected chi connectivity index (χ3v) is 2.11. The Balaban J connectivity index is 2.69. The standard InChI is InChI=1S/C10H11F2NO2/c11-7-2-1-6(5-8(7)12)9(13)3-4-10(14)15/h1-2,5,9H,3-4,13H2,(H,14,15)/t9-/m0/s1. The van der Waals surface area contributed by atoms with Gasteiger partial charge in [0.1, 0.15) is 6.04 Å². The number of hydrogen-bond donors (Lipinski definition) is 1. The van der Waals surface area contributed by atoms with Crippen molar-refractivity contribution in [3.8, 4) is 0 Å². The number of benzene rings is 1. The lowest BCUT2D eigenvalue weighted by atomic mass is 10.0. The zero-order chi connectivity index (χ0) is 11.4. The highest BCUT2D eigenvalue weighted by atomic mass is 19.2. The molecule has 82 valence electrons. The number of aliphatic carboxylic acids is 1. The largest absolute Gasteiger partial charge is 0.550 e. The fourth-order valence-electron chi connectivity index (χ4n) is 1.23. The first kappa shape index (κ1) is 11.6. The van der Waals surface area contributed by atoms with Crippen LogP contribution in [0.5, 0.6) is 0 Å². The van der Waals surface area contributed by atoms with Crippen molar-refractivity contribution in [2.75, 3.05) is 0 Å². The molecule has 0 saturated carbocycles. The van der Waals surface area contributed by atoms with E-state index in [0.717, 1.165) is 12.1 Å². The Kier molecular flexibility index (Phi) is 3.74. The van der Waals surface area contributed by atoms with Gasteiger partial charge in [0.05, 0.1) is 0 Å². The van der Waals surface area contributed by atoms with E-state index in [1.54, 1.807) is 0 Å². The van der Waals surface area contributed by atoms with Gasteiger partial charge < -0.3 is 15.6 Å². The molecule has 0 aliphatic carbocycles. The number of carboxylic acid groups (broad SMARTS) is 1. The average molecular weight is 215 g/mol. The number of carbonyl (C=O) groups excluding carboxylic acids is 1. The monoisotopic (exact) mass is 215 g/mol. The van der Waals surface area contributed by atoms with E-state index in [2.05, 4.69) is 5.73 Å². The molecule has 3 nitrogen and oxygen atoms in total. The van der Waals surface area contributed by atoms with Crippen molar-refractivity contribution < 1.29 is 24.4 Å². The number of rotatable bonds is 4. The van der Waals surface area contributed by atoms with Crippen molar-refractivity contribution in [3.05, 3.63) is 35.4 Å². The molecule has 1 aromatic carbocycles. The van der Waals surface area contributed by atoms with E-state index in [0.29, 0.717) is 5.56 Å². The van der Waals surface area contributed by atoms with Gasteiger partial charge in [-0.2, -0.15) is 0 Å². The van der Waals surface area contributed by atoms with Crippen LogP contribution >= 0.6 is 0 Å². The molecule has 0 bridgehead atoms. The van der Waals surface area contributed by atoms with Gasteiger partial charge in [-0.3, -0.25) is 0 Å². The second kappa shape index (κ2) is 4.84. The van der Waals surface area contributed by atoms with Crippen LogP contribution in [0.4, 0.5) is 8.78 Å². The first-order valence-electron chi connectivity index (χ1n) is 4.48. The van der Waals surface area contributed by atoms with E-state index < -0.39 is 17.6 Å². The van der Waals surface area contributed by atoms with Gasteiger partial charge in [0, 0.05) is 18.0 Å². The molecule has 0 spiro atoms. The van der Waals surface area contributed by atoms with Crippen molar-refractivity contribution in [2.24, 2.45) is 0 Å². The molecule has 0 aliphatic rings. The third kappa shape index (κ3) is 3.28. The minimum atomic E-state index is -1.17. The van der Waals surface area contributed by atoms with E-state index >= 15 is 0 Å². The van der Waals surface area contributed by atoms with Crippen molar-refractivity contribution in [1.82, 2.24) is 0 Å². The van der Waals surface area contributed by atoms with Crippen LogP contribution < -0.4 is 10.8 Å². The molecule has 0 unspecified atom stereocenters. The molecule has 0 heterocycles. The van der Waals surface area contributed by atoms with Crippen LogP contribution in [-0.4, -0.2) is 5.97 Å². The lowest BCUT2D eigenvalue weighted by molar-refractivity contribution is -0.428. The van der Waals surface area contributed by atoms with Gasteiger partial charge in [0.25, 0.3) is 0 Å². The molecule has 1 atom stereocenters. The van der Waals surface area contributed by atoms with Gasteiger partial charge in [0.15, 0.2) is 11.6 Å². The highest BCUT2D eigenvalue weighted by Gasteiger charge is 2.12. The van der Waals surface area contributed by atoms with Gasteiger partial charge in [-0.05, 0) is 24.6 Å². The van der Waals surface area contributed by atoms with E-state index in [4.69, 9.17) is 0 Å². The summed E-state index contributed by atoms with van der Waals surface area (Å²) >= 11 is 0. The van der Waals surface area contributed by atoms with Crippen LogP contribution in [0.15, 0.2) is 18.2 Å². The number of hydrogen-bond acceptors (Lipinski definition) is 2. The summed E-state index contributed by atoms with van der Waals surface area (Å²) in [5, 5.41) is 10.2. The minimum Gasteiger partial charge on any atom is -0.550 e. The topological polar surface area (TPSA) is 67.8 Å². The quantitative estimate of drug-likeness (QED) is 0.754. The van der Waals surface area contributed by atoms with Crippen LogP contribution in [0.3, 0.4) is 0 Å². The molecule has 0 amide bonds. The summed E-state index contributed by atoms with van der Waals surface area (Å²) in [7, 11) is 0. The van der Waals surface area contributed by atoms with Gasteiger partial charge in [-0.15, -0.1) is 0 Å². The maximum Gasteiger partial charge on any atom is 0.159 e. The van der Waals surface area contributed by atoms with Gasteiger partial charge in [-0.1, -0.05) is 0 Å². The first-order chi connectivity index (χ1) is 7.00. The maximum absolute atomic E-state index is 12.8. The number of carbonyl (C=O) groups is 1. The van der Waals surface area contributed by atoms with Gasteiger partial charge in [0.2, 0.25) is 0 Å². The van der Waals surface area contributed by atoms with E-state index in [1.807, 2.05) is 0 Å². The predicted octanol–water partition coefficient (Wildman–Crippen LogP) is -0.222. The minimum absolute atomic E-state index is 0.146. The molecule has 3 N–H and O–H groups in total. The van der Waals surface area contributed by atoms with Crippen molar-refractivity contribution in [2.45, 2.75) is 18.9 Å². The Labute approximate surface area is 85.5 Å². The van der Waals surface area contributed by atoms with Crippen LogP contribution in [0.25, 0.3) is 0 Å².